The van der Waals surface area contributed by atoms with Gasteiger partial charge in [-0.3, -0.25) is 20.2 Å². The van der Waals surface area contributed by atoms with Gasteiger partial charge in [-0.1, -0.05) is 12.1 Å². The fraction of sp³-hybridized carbons (Fsp3) is 0.227. The van der Waals surface area contributed by atoms with Gasteiger partial charge in [0.15, 0.2) is 0 Å². The lowest BCUT2D eigenvalue weighted by Crippen LogP contribution is -2.51. The summed E-state index contributed by atoms with van der Waals surface area (Å²) < 4.78 is 19.1. The van der Waals surface area contributed by atoms with E-state index in [1.807, 2.05) is 36.6 Å². The minimum Gasteiger partial charge on any atom is -0.488 e. The molecule has 0 aliphatic carbocycles. The molecule has 2 N–H and O–H groups in total. The van der Waals surface area contributed by atoms with Crippen LogP contribution >= 0.6 is 0 Å². The molecule has 156 valence electrons. The summed E-state index contributed by atoms with van der Waals surface area (Å²) in [6, 6.07) is 10.5. The summed E-state index contributed by atoms with van der Waals surface area (Å²) in [4.78, 5) is 37.5. The number of nitrogens with zero attached hydrogens (tertiary/aromatic N) is 1. The van der Waals surface area contributed by atoms with Crippen LogP contribution in [-0.4, -0.2) is 30.9 Å². The second-order valence-electron chi connectivity index (χ2n) is 6.60. The first-order valence-corrected chi connectivity index (χ1v) is 9.55. The Labute approximate surface area is 173 Å². The fourth-order valence-electron chi connectivity index (χ4n) is 3.06. The van der Waals surface area contributed by atoms with E-state index in [1.165, 1.54) is 18.2 Å². The molecule has 0 spiro atoms. The largest absolute Gasteiger partial charge is 0.488 e. The molecule has 1 heterocycles. The number of benzene rings is 2. The molecular weight excluding hydrogens is 389 g/mol. The zero-order valence-corrected chi connectivity index (χ0v) is 16.7. The number of urea groups is 1. The average molecular weight is 411 g/mol. The van der Waals surface area contributed by atoms with Gasteiger partial charge < -0.3 is 9.64 Å². The Morgan fingerprint density at radius 1 is 0.967 bits per heavy atom. The number of halogens is 1. The molecular formula is C22H22FN3O4. The van der Waals surface area contributed by atoms with E-state index < -0.39 is 17.8 Å². The van der Waals surface area contributed by atoms with E-state index in [-0.39, 0.29) is 18.0 Å². The Morgan fingerprint density at radius 3 is 2.20 bits per heavy atom. The van der Waals surface area contributed by atoms with Crippen molar-refractivity contribution in [3.63, 3.8) is 0 Å². The monoisotopic (exact) mass is 411 g/mol. The maximum absolute atomic E-state index is 13.1. The minimum absolute atomic E-state index is 0.176. The SMILES string of the molecule is CCN(CC)c1ccc(C=C2C(=O)NC(=O)NC2=O)c(OCc2ccc(F)cc2)c1. The highest BCUT2D eigenvalue weighted by atomic mass is 19.1. The van der Waals surface area contributed by atoms with Crippen molar-refractivity contribution in [1.82, 2.24) is 10.6 Å². The van der Waals surface area contributed by atoms with Crippen molar-refractivity contribution in [1.29, 1.82) is 0 Å². The zero-order valence-electron chi connectivity index (χ0n) is 16.7. The molecule has 1 fully saturated rings. The molecule has 7 nitrogen and oxygen atoms in total. The molecule has 0 bridgehead atoms. The van der Waals surface area contributed by atoms with Crippen molar-refractivity contribution < 1.29 is 23.5 Å². The summed E-state index contributed by atoms with van der Waals surface area (Å²) in [5.74, 6) is -1.44. The number of barbiturate groups is 1. The maximum atomic E-state index is 13.1. The van der Waals surface area contributed by atoms with Crippen molar-refractivity contribution in [3.05, 3.63) is 65.0 Å². The molecule has 1 aliphatic rings. The number of anilines is 1. The number of carbonyl (C=O) groups excluding carboxylic acids is 3. The van der Waals surface area contributed by atoms with Crippen molar-refractivity contribution in [2.45, 2.75) is 20.5 Å². The van der Waals surface area contributed by atoms with E-state index in [0.29, 0.717) is 11.3 Å². The second-order valence-corrected chi connectivity index (χ2v) is 6.60. The van der Waals surface area contributed by atoms with E-state index in [9.17, 15) is 18.8 Å². The normalized spacial score (nSPS) is 13.6. The Bertz CT molecular complexity index is 976. The molecule has 30 heavy (non-hydrogen) atoms. The highest BCUT2D eigenvalue weighted by Crippen LogP contribution is 2.29. The summed E-state index contributed by atoms with van der Waals surface area (Å²) in [7, 11) is 0. The van der Waals surface area contributed by atoms with Crippen LogP contribution in [0.25, 0.3) is 6.08 Å². The van der Waals surface area contributed by atoms with Crippen LogP contribution in [-0.2, 0) is 16.2 Å². The summed E-state index contributed by atoms with van der Waals surface area (Å²) >= 11 is 0. The van der Waals surface area contributed by atoms with Crippen molar-refractivity contribution in [2.24, 2.45) is 0 Å². The van der Waals surface area contributed by atoms with Crippen molar-refractivity contribution in [2.75, 3.05) is 18.0 Å². The fourth-order valence-corrected chi connectivity index (χ4v) is 3.06. The smallest absolute Gasteiger partial charge is 0.328 e. The van der Waals surface area contributed by atoms with Crippen molar-refractivity contribution in [3.8, 4) is 5.75 Å². The van der Waals surface area contributed by atoms with E-state index in [1.54, 1.807) is 18.2 Å². The molecule has 1 saturated heterocycles. The summed E-state index contributed by atoms with van der Waals surface area (Å²) in [5.41, 5.74) is 1.99. The first-order valence-electron chi connectivity index (χ1n) is 9.55. The van der Waals surface area contributed by atoms with Gasteiger partial charge >= 0.3 is 6.03 Å². The van der Waals surface area contributed by atoms with Crippen LogP contribution in [0.3, 0.4) is 0 Å². The average Bonchev–Trinajstić information content (AvgIpc) is 2.72. The van der Waals surface area contributed by atoms with Gasteiger partial charge in [-0.15, -0.1) is 0 Å². The molecule has 8 heteroatoms. The quantitative estimate of drug-likeness (QED) is 0.540. The van der Waals surface area contributed by atoms with Crippen LogP contribution in [0.15, 0.2) is 48.0 Å². The first-order chi connectivity index (χ1) is 14.4. The number of rotatable bonds is 7. The Balaban J connectivity index is 1.95. The van der Waals surface area contributed by atoms with Crippen LogP contribution in [0.5, 0.6) is 5.75 Å². The lowest BCUT2D eigenvalue weighted by molar-refractivity contribution is -0.123. The highest BCUT2D eigenvalue weighted by molar-refractivity contribution is 6.31. The van der Waals surface area contributed by atoms with Crippen LogP contribution in [0.2, 0.25) is 0 Å². The van der Waals surface area contributed by atoms with E-state index in [0.717, 1.165) is 24.3 Å². The molecule has 0 saturated carbocycles. The van der Waals surface area contributed by atoms with Crippen molar-refractivity contribution >= 4 is 29.6 Å². The summed E-state index contributed by atoms with van der Waals surface area (Å²) in [5, 5.41) is 4.10. The van der Waals surface area contributed by atoms with E-state index in [4.69, 9.17) is 4.74 Å². The third-order valence-corrected chi connectivity index (χ3v) is 4.68. The number of ether oxygens (including phenoxy) is 1. The predicted molar refractivity (Wildman–Crippen MR) is 110 cm³/mol. The lowest BCUT2D eigenvalue weighted by Gasteiger charge is -2.22. The molecule has 0 unspecified atom stereocenters. The number of amides is 4. The number of hydrogen-bond donors (Lipinski definition) is 2. The molecule has 0 aromatic heterocycles. The number of carbonyl (C=O) groups is 3. The summed E-state index contributed by atoms with van der Waals surface area (Å²) in [6.07, 6.45) is 1.38. The van der Waals surface area contributed by atoms with Crippen LogP contribution in [0, 0.1) is 5.82 Å². The number of nitrogens with one attached hydrogen (secondary N) is 2. The third-order valence-electron chi connectivity index (χ3n) is 4.68. The van der Waals surface area contributed by atoms with Crippen LogP contribution in [0.4, 0.5) is 14.9 Å². The molecule has 3 rings (SSSR count). The molecule has 0 atom stereocenters. The number of imide groups is 2. The predicted octanol–water partition coefficient (Wildman–Crippen LogP) is 3.00. The van der Waals surface area contributed by atoms with Crippen LogP contribution < -0.4 is 20.3 Å². The van der Waals surface area contributed by atoms with Gasteiger partial charge in [0, 0.05) is 30.4 Å². The maximum Gasteiger partial charge on any atom is 0.328 e. The number of hydrogen-bond acceptors (Lipinski definition) is 5. The van der Waals surface area contributed by atoms with Crippen LogP contribution in [0.1, 0.15) is 25.0 Å². The first kappa shape index (κ1) is 21.0. The minimum atomic E-state index is -0.855. The molecule has 2 aromatic carbocycles. The summed E-state index contributed by atoms with van der Waals surface area (Å²) in [6.45, 7) is 5.83. The molecule has 0 radical (unpaired) electrons. The second kappa shape index (κ2) is 9.21. The zero-order chi connectivity index (χ0) is 21.7. The molecule has 1 aliphatic heterocycles. The lowest BCUT2D eigenvalue weighted by atomic mass is 10.1. The van der Waals surface area contributed by atoms with Gasteiger partial charge in [0.05, 0.1) is 0 Å². The van der Waals surface area contributed by atoms with Gasteiger partial charge in [-0.25, -0.2) is 9.18 Å². The van der Waals surface area contributed by atoms with Gasteiger partial charge in [-0.05, 0) is 49.8 Å². The molecule has 4 amide bonds. The Kier molecular flexibility index (Phi) is 6.46. The Morgan fingerprint density at radius 2 is 1.60 bits per heavy atom. The standard InChI is InChI=1S/C22H22FN3O4/c1-3-26(4-2)17-10-7-15(11-18-20(27)24-22(29)25-21(18)28)19(12-17)30-13-14-5-8-16(23)9-6-14/h5-12H,3-4,13H2,1-2H3,(H2,24,25,27,28,29). The molecule has 2 aromatic rings. The highest BCUT2D eigenvalue weighted by Gasteiger charge is 2.28. The van der Waals surface area contributed by atoms with Gasteiger partial charge in [0.25, 0.3) is 11.8 Å². The topological polar surface area (TPSA) is 87.7 Å². The van der Waals surface area contributed by atoms with E-state index >= 15 is 0 Å². The van der Waals surface area contributed by atoms with Gasteiger partial charge in [0.2, 0.25) is 0 Å². The van der Waals surface area contributed by atoms with Gasteiger partial charge in [-0.2, -0.15) is 0 Å². The van der Waals surface area contributed by atoms with E-state index in [2.05, 4.69) is 4.90 Å². The Hall–Kier alpha value is -3.68. The van der Waals surface area contributed by atoms with Gasteiger partial charge in [0.1, 0.15) is 23.7 Å². The third kappa shape index (κ3) is 4.83.